The summed E-state index contributed by atoms with van der Waals surface area (Å²) in [7, 11) is 0. The topological polar surface area (TPSA) is 132 Å². The largest absolute Gasteiger partial charge is 0.459 e. The van der Waals surface area contributed by atoms with E-state index in [9.17, 15) is 24.0 Å². The maximum atomic E-state index is 12.9. The van der Waals surface area contributed by atoms with Crippen molar-refractivity contribution in [2.75, 3.05) is 0 Å². The molecule has 632 valence electrons. The van der Waals surface area contributed by atoms with Gasteiger partial charge in [0.2, 0.25) is 0 Å². The fraction of sp³-hybridized carbons (Fsp3) is 0.947. The molecule has 9 saturated carbocycles. The zero-order valence-electron chi connectivity index (χ0n) is 66.4. The third kappa shape index (κ3) is 28.5. The Morgan fingerprint density at radius 2 is 0.667 bits per heavy atom. The second kappa shape index (κ2) is 47.7. The van der Waals surface area contributed by atoms with E-state index in [0.717, 1.165) is 138 Å². The van der Waals surface area contributed by atoms with E-state index in [-0.39, 0.29) is 159 Å². The van der Waals surface area contributed by atoms with Crippen molar-refractivity contribution < 1.29 is 47.7 Å². The number of ether oxygens (including phenoxy) is 5. The molecule has 0 spiro atoms. The van der Waals surface area contributed by atoms with Crippen LogP contribution in [0.5, 0.6) is 0 Å². The predicted octanol–water partition coefficient (Wildman–Crippen LogP) is 30.0. The van der Waals surface area contributed by atoms with Crippen LogP contribution < -0.4 is 0 Å². The first-order chi connectivity index (χ1) is 44.3. The lowest BCUT2D eigenvalue weighted by Gasteiger charge is -2.49. The van der Waals surface area contributed by atoms with Crippen LogP contribution in [0.25, 0.3) is 0 Å². The summed E-state index contributed by atoms with van der Waals surface area (Å²) in [6, 6.07) is 0. The van der Waals surface area contributed by atoms with E-state index in [2.05, 4.69) is 76.2 Å². The van der Waals surface area contributed by atoms with Crippen LogP contribution in [0.2, 0.25) is 0 Å². The van der Waals surface area contributed by atoms with Crippen LogP contribution in [0.15, 0.2) is 0 Å². The minimum Gasteiger partial charge on any atom is -0.459 e. The van der Waals surface area contributed by atoms with Gasteiger partial charge in [-0.3, -0.25) is 24.0 Å². The Balaban J connectivity index is -0.000000287. The number of hydrogen-bond donors (Lipinski definition) is 0. The molecule has 0 aromatic heterocycles. The lowest BCUT2D eigenvalue weighted by Crippen LogP contribution is -2.52. The second-order valence-corrected chi connectivity index (χ2v) is 37.3. The molecule has 105 heavy (non-hydrogen) atoms. The summed E-state index contributed by atoms with van der Waals surface area (Å²) in [6.07, 6.45) is 42.2. The van der Waals surface area contributed by atoms with Gasteiger partial charge in [-0.2, -0.15) is 0 Å². The molecule has 0 saturated heterocycles. The maximum absolute atomic E-state index is 12.9. The lowest BCUT2D eigenvalue weighted by atomic mass is 9.63. The Morgan fingerprint density at radius 3 is 1.06 bits per heavy atom. The number of carbonyl (C=O) groups excluding carboxylic acids is 5. The fourth-order valence-corrected chi connectivity index (χ4v) is 18.1. The first-order valence-electron chi connectivity index (χ1n) is 40.5. The van der Waals surface area contributed by atoms with Gasteiger partial charge in [0.15, 0.2) is 0 Å². The van der Waals surface area contributed by atoms with E-state index in [0.29, 0.717) is 23.7 Å². The van der Waals surface area contributed by atoms with E-state index >= 15 is 0 Å². The van der Waals surface area contributed by atoms with E-state index in [1.807, 2.05) is 83.1 Å². The quantitative estimate of drug-likeness (QED) is 0.0700. The van der Waals surface area contributed by atoms with E-state index in [1.54, 1.807) is 0 Å². The van der Waals surface area contributed by atoms with Crippen LogP contribution in [-0.4, -0.2) is 57.9 Å². The average Bonchev–Trinajstić information content (AvgIpc) is 1.53. The van der Waals surface area contributed by atoms with Gasteiger partial charge in [-0.1, -0.05) is 222 Å². The third-order valence-electron chi connectivity index (χ3n) is 28.0. The predicted molar refractivity (Wildman–Crippen MR) is 459 cm³/mol. The number of fused-ring (bicyclic) bond motifs is 10. The highest BCUT2D eigenvalue weighted by molar-refractivity contribution is 5.78. The number of hydrogen-bond acceptors (Lipinski definition) is 10. The van der Waals surface area contributed by atoms with Gasteiger partial charge in [-0.15, -0.1) is 0 Å². The summed E-state index contributed by atoms with van der Waals surface area (Å²) in [5.74, 6) is 8.22. The van der Waals surface area contributed by atoms with Crippen LogP contribution >= 0.6 is 0 Å². The van der Waals surface area contributed by atoms with Gasteiger partial charge >= 0.3 is 29.8 Å². The van der Waals surface area contributed by atoms with E-state index in [1.165, 1.54) is 135 Å². The highest BCUT2D eigenvalue weighted by Crippen LogP contribution is 2.71. The molecule has 0 heterocycles. The zero-order valence-corrected chi connectivity index (χ0v) is 66.4. The molecule has 0 radical (unpaired) electrons. The Morgan fingerprint density at radius 1 is 0.324 bits per heavy atom. The Bertz CT molecular complexity index is 2390. The molecule has 0 amide bonds. The molecule has 10 atom stereocenters. The normalized spacial score (nSPS) is 27.2. The molecule has 10 unspecified atom stereocenters. The standard InChI is InChI=1S/C21H34O2.C19H34O2.C16H30O2.C15H28O2.C14H26O2.10CH4/c1-6-20(4,5)19(22)23-21(12(2)3)11-15-10-16(21)18-14-8-7-13(9-14)17(15)18;1-6-18(4,5)17(20)21-19(14(2)3)12-11-15-9-7-8-10-16(15)13-19;1-5-15(3,4)14(17)18-16(6-2)12-10-8-7-9-11-13-16;1-5-14(2,3)13(16)17-15(4)11-9-7-6-8-10-12-15;1-6-13(4,5)12(15)16-14(11(2)3)9-7-8-10-14;;;;;;;;;;/h12-18H,6-11H2,1-5H3;14-16H,6-13H2,1-5H3;5-13H2,1-4H3;5-12H2,1-4H3;11H,6-10H2,1-5H3;10*1H4. The molecule has 9 fully saturated rings. The molecule has 9 aliphatic carbocycles. The van der Waals surface area contributed by atoms with Gasteiger partial charge in [-0.25, -0.2) is 0 Å². The Hall–Kier alpha value is -2.65. The van der Waals surface area contributed by atoms with Gasteiger partial charge in [0.25, 0.3) is 0 Å². The van der Waals surface area contributed by atoms with Crippen molar-refractivity contribution >= 4 is 29.8 Å². The van der Waals surface area contributed by atoms with Crippen molar-refractivity contribution in [2.45, 2.75) is 493 Å². The fourth-order valence-electron chi connectivity index (χ4n) is 18.1. The SMILES string of the molecule is C.C.C.C.C.C.C.C.C.C.CCC(C)(C)C(=O)OC1(C(C)C)CC2CC1C1C3CCC(C3)C21.CCC(C)(C)C(=O)OC1(C(C)C)CCC2CCCCC2C1.CCC(C)(C)C(=O)OC1(C(C)C)CCCC1.CCC(C)(C)C(=O)OC1(C)CCCCCCC1.CCC1(OC(=O)C(C)(C)CC)CCCCCCC1. The molecule has 0 aromatic rings. The summed E-state index contributed by atoms with van der Waals surface area (Å²) in [5.41, 5.74) is -2.68. The van der Waals surface area contributed by atoms with Crippen molar-refractivity contribution in [3.8, 4) is 0 Å². The average molecular weight is 1490 g/mol. The molecule has 10 heteroatoms. The first kappa shape index (κ1) is 113. The Labute approximate surface area is 658 Å². The molecule has 0 aromatic carbocycles. The highest BCUT2D eigenvalue weighted by atomic mass is 16.6. The zero-order chi connectivity index (χ0) is 71.2. The van der Waals surface area contributed by atoms with Gasteiger partial charge in [-0.05, 0) is 302 Å². The molecule has 9 rings (SSSR count). The summed E-state index contributed by atoms with van der Waals surface area (Å²) >= 11 is 0. The summed E-state index contributed by atoms with van der Waals surface area (Å²) < 4.78 is 30.3. The van der Waals surface area contributed by atoms with Crippen LogP contribution in [0.1, 0.15) is 465 Å². The number of carbonyl (C=O) groups is 5. The minimum atomic E-state index is -0.356. The van der Waals surface area contributed by atoms with Gasteiger partial charge < -0.3 is 23.7 Å². The third-order valence-corrected chi connectivity index (χ3v) is 28.0. The molecular formula is C95H192O10. The molecule has 10 nitrogen and oxygen atoms in total. The summed E-state index contributed by atoms with van der Waals surface area (Å²) in [6.45, 7) is 47.9. The minimum absolute atomic E-state index is 0. The van der Waals surface area contributed by atoms with Crippen LogP contribution in [0, 0.1) is 92.2 Å². The van der Waals surface area contributed by atoms with Crippen LogP contribution in [0.4, 0.5) is 0 Å². The second-order valence-electron chi connectivity index (χ2n) is 37.3. The van der Waals surface area contributed by atoms with Crippen molar-refractivity contribution in [1.29, 1.82) is 0 Å². The summed E-state index contributed by atoms with van der Waals surface area (Å²) in [4.78, 5) is 62.1. The maximum Gasteiger partial charge on any atom is 0.312 e. The summed E-state index contributed by atoms with van der Waals surface area (Å²) in [5, 5.41) is 0. The van der Waals surface area contributed by atoms with Crippen molar-refractivity contribution in [1.82, 2.24) is 0 Å². The molecular weight excluding hydrogens is 1300 g/mol. The van der Waals surface area contributed by atoms with Crippen molar-refractivity contribution in [3.63, 3.8) is 0 Å². The monoisotopic (exact) mass is 1490 g/mol. The number of rotatable bonds is 19. The number of esters is 5. The van der Waals surface area contributed by atoms with Gasteiger partial charge in [0.05, 0.1) is 27.1 Å². The van der Waals surface area contributed by atoms with Crippen LogP contribution in [-0.2, 0) is 47.7 Å². The van der Waals surface area contributed by atoms with Crippen LogP contribution in [0.3, 0.4) is 0 Å². The smallest absolute Gasteiger partial charge is 0.312 e. The van der Waals surface area contributed by atoms with E-state index in [4.69, 9.17) is 23.7 Å². The first-order valence-corrected chi connectivity index (χ1v) is 40.5. The van der Waals surface area contributed by atoms with Crippen molar-refractivity contribution in [2.24, 2.45) is 92.2 Å². The molecule has 9 aliphatic rings. The highest BCUT2D eigenvalue weighted by Gasteiger charge is 2.69. The lowest BCUT2D eigenvalue weighted by molar-refractivity contribution is -0.191. The van der Waals surface area contributed by atoms with Gasteiger partial charge in [0, 0.05) is 5.92 Å². The van der Waals surface area contributed by atoms with Gasteiger partial charge in [0.1, 0.15) is 28.0 Å². The molecule has 4 bridgehead atoms. The van der Waals surface area contributed by atoms with E-state index < -0.39 is 0 Å². The molecule has 0 N–H and O–H groups in total. The Kier molecular flexibility index (Phi) is 51.4. The molecule has 0 aliphatic heterocycles. The van der Waals surface area contributed by atoms with Crippen molar-refractivity contribution in [3.05, 3.63) is 0 Å².